The zero-order valence-corrected chi connectivity index (χ0v) is 11.8. The minimum Gasteiger partial charge on any atom is -0.497 e. The Labute approximate surface area is 114 Å². The first-order valence-electron chi connectivity index (χ1n) is 6.85. The fourth-order valence-corrected chi connectivity index (χ4v) is 2.65. The van der Waals surface area contributed by atoms with Crippen molar-refractivity contribution in [2.24, 2.45) is 5.92 Å². The molecule has 1 aromatic rings. The second kappa shape index (κ2) is 6.35. The summed E-state index contributed by atoms with van der Waals surface area (Å²) in [7, 11) is 1.54. The number of rotatable bonds is 5. The Bertz CT molecular complexity index is 425. The standard InChI is InChI=1S/C15H22FNO2/c1-4-17-14(15-10(2)7-8-19-15)12-6-5-11(18-3)9-13(12)16/h5-6,9-10,14-15,17H,4,7-8H2,1-3H3. The van der Waals surface area contributed by atoms with Gasteiger partial charge in [-0.1, -0.05) is 19.9 Å². The molecule has 1 aromatic carbocycles. The summed E-state index contributed by atoms with van der Waals surface area (Å²) in [6.07, 6.45) is 1.06. The highest BCUT2D eigenvalue weighted by molar-refractivity contribution is 5.31. The predicted octanol–water partition coefficient (Wildman–Crippen LogP) is 2.91. The average Bonchev–Trinajstić information content (AvgIpc) is 2.82. The molecule has 0 aliphatic carbocycles. The van der Waals surface area contributed by atoms with Crippen molar-refractivity contribution >= 4 is 0 Å². The lowest BCUT2D eigenvalue weighted by Crippen LogP contribution is -2.35. The maximum absolute atomic E-state index is 14.2. The number of likely N-dealkylation sites (N-methyl/N-ethyl adjacent to an activating group) is 1. The Morgan fingerprint density at radius 3 is 2.84 bits per heavy atom. The zero-order valence-electron chi connectivity index (χ0n) is 11.8. The van der Waals surface area contributed by atoms with E-state index in [1.807, 2.05) is 6.92 Å². The molecule has 1 saturated heterocycles. The van der Waals surface area contributed by atoms with Gasteiger partial charge in [-0.2, -0.15) is 0 Å². The monoisotopic (exact) mass is 267 g/mol. The summed E-state index contributed by atoms with van der Waals surface area (Å²) in [6, 6.07) is 4.91. The molecule has 3 unspecified atom stereocenters. The molecule has 0 radical (unpaired) electrons. The van der Waals surface area contributed by atoms with Crippen LogP contribution in [0.3, 0.4) is 0 Å². The first-order valence-corrected chi connectivity index (χ1v) is 6.85. The number of benzene rings is 1. The van der Waals surface area contributed by atoms with Gasteiger partial charge in [0, 0.05) is 18.2 Å². The highest BCUT2D eigenvalue weighted by atomic mass is 19.1. The Kier molecular flexibility index (Phi) is 4.77. The molecule has 1 fully saturated rings. The van der Waals surface area contributed by atoms with Crippen LogP contribution in [0.4, 0.5) is 4.39 Å². The van der Waals surface area contributed by atoms with Gasteiger partial charge in [0.15, 0.2) is 0 Å². The van der Waals surface area contributed by atoms with Crippen LogP contribution in [0.1, 0.15) is 31.9 Å². The first kappa shape index (κ1) is 14.3. The van der Waals surface area contributed by atoms with Gasteiger partial charge in [0.2, 0.25) is 0 Å². The molecule has 3 nitrogen and oxygen atoms in total. The summed E-state index contributed by atoms with van der Waals surface area (Å²) in [6.45, 7) is 5.71. The highest BCUT2D eigenvalue weighted by Gasteiger charge is 2.33. The van der Waals surface area contributed by atoms with Crippen LogP contribution in [-0.4, -0.2) is 26.4 Å². The quantitative estimate of drug-likeness (QED) is 0.889. The van der Waals surface area contributed by atoms with Crippen LogP contribution >= 0.6 is 0 Å². The molecule has 1 aliphatic heterocycles. The lowest BCUT2D eigenvalue weighted by Gasteiger charge is -2.27. The van der Waals surface area contributed by atoms with Crippen LogP contribution in [0.5, 0.6) is 5.75 Å². The Hall–Kier alpha value is -1.13. The predicted molar refractivity (Wildman–Crippen MR) is 72.9 cm³/mol. The molecule has 1 aliphatic rings. The molecule has 2 rings (SSSR count). The summed E-state index contributed by atoms with van der Waals surface area (Å²) < 4.78 is 25.0. The van der Waals surface area contributed by atoms with E-state index >= 15 is 0 Å². The number of hydrogen-bond acceptors (Lipinski definition) is 3. The van der Waals surface area contributed by atoms with E-state index in [-0.39, 0.29) is 18.0 Å². The lowest BCUT2D eigenvalue weighted by molar-refractivity contribution is 0.0601. The molecule has 4 heteroatoms. The van der Waals surface area contributed by atoms with Gasteiger partial charge in [-0.05, 0) is 24.9 Å². The van der Waals surface area contributed by atoms with Gasteiger partial charge in [-0.25, -0.2) is 4.39 Å². The number of halogens is 1. The van der Waals surface area contributed by atoms with Gasteiger partial charge in [0.1, 0.15) is 11.6 Å². The van der Waals surface area contributed by atoms with Crippen LogP contribution in [0.25, 0.3) is 0 Å². The number of hydrogen-bond donors (Lipinski definition) is 1. The van der Waals surface area contributed by atoms with E-state index in [2.05, 4.69) is 12.2 Å². The van der Waals surface area contributed by atoms with E-state index in [4.69, 9.17) is 9.47 Å². The molecule has 1 N–H and O–H groups in total. The van der Waals surface area contributed by atoms with Crippen molar-refractivity contribution in [3.05, 3.63) is 29.6 Å². The second-order valence-corrected chi connectivity index (χ2v) is 5.02. The molecular weight excluding hydrogens is 245 g/mol. The third kappa shape index (κ3) is 3.07. The minimum absolute atomic E-state index is 0.0304. The van der Waals surface area contributed by atoms with E-state index in [9.17, 15) is 4.39 Å². The SMILES string of the molecule is CCNC(c1ccc(OC)cc1F)C1OCCC1C. The van der Waals surface area contributed by atoms with Crippen molar-refractivity contribution in [3.63, 3.8) is 0 Å². The van der Waals surface area contributed by atoms with Gasteiger partial charge >= 0.3 is 0 Å². The minimum atomic E-state index is -0.243. The molecule has 106 valence electrons. The highest BCUT2D eigenvalue weighted by Crippen LogP contribution is 2.33. The summed E-state index contributed by atoms with van der Waals surface area (Å²) >= 11 is 0. The summed E-state index contributed by atoms with van der Waals surface area (Å²) in [5, 5.41) is 3.34. The van der Waals surface area contributed by atoms with E-state index in [0.29, 0.717) is 17.2 Å². The van der Waals surface area contributed by atoms with Crippen molar-refractivity contribution in [2.75, 3.05) is 20.3 Å². The van der Waals surface area contributed by atoms with Crippen molar-refractivity contribution in [1.82, 2.24) is 5.32 Å². The maximum atomic E-state index is 14.2. The Balaban J connectivity index is 2.28. The van der Waals surface area contributed by atoms with Crippen molar-refractivity contribution in [3.8, 4) is 5.75 Å². The topological polar surface area (TPSA) is 30.5 Å². The van der Waals surface area contributed by atoms with E-state index < -0.39 is 0 Å². The lowest BCUT2D eigenvalue weighted by atomic mass is 9.92. The van der Waals surface area contributed by atoms with Crippen LogP contribution in [0.2, 0.25) is 0 Å². The molecule has 0 spiro atoms. The molecule has 1 heterocycles. The average molecular weight is 267 g/mol. The van der Waals surface area contributed by atoms with Gasteiger partial charge in [-0.15, -0.1) is 0 Å². The van der Waals surface area contributed by atoms with Crippen LogP contribution in [-0.2, 0) is 4.74 Å². The number of methoxy groups -OCH3 is 1. The van der Waals surface area contributed by atoms with Crippen LogP contribution in [0.15, 0.2) is 18.2 Å². The van der Waals surface area contributed by atoms with Crippen LogP contribution in [0, 0.1) is 11.7 Å². The third-order valence-corrected chi connectivity index (χ3v) is 3.74. The number of nitrogens with one attached hydrogen (secondary N) is 1. The molecule has 0 amide bonds. The Morgan fingerprint density at radius 2 is 2.32 bits per heavy atom. The van der Waals surface area contributed by atoms with Gasteiger partial charge in [0.05, 0.1) is 19.3 Å². The van der Waals surface area contributed by atoms with E-state index in [1.165, 1.54) is 6.07 Å². The van der Waals surface area contributed by atoms with Crippen molar-refractivity contribution in [1.29, 1.82) is 0 Å². The smallest absolute Gasteiger partial charge is 0.131 e. The second-order valence-electron chi connectivity index (χ2n) is 5.02. The maximum Gasteiger partial charge on any atom is 0.131 e. The normalized spacial score (nSPS) is 24.4. The zero-order chi connectivity index (χ0) is 13.8. The third-order valence-electron chi connectivity index (χ3n) is 3.74. The molecule has 0 saturated carbocycles. The summed E-state index contributed by atoms with van der Waals surface area (Å²) in [5.74, 6) is 0.732. The summed E-state index contributed by atoms with van der Waals surface area (Å²) in [5.41, 5.74) is 0.654. The molecule has 19 heavy (non-hydrogen) atoms. The van der Waals surface area contributed by atoms with Crippen LogP contribution < -0.4 is 10.1 Å². The fraction of sp³-hybridized carbons (Fsp3) is 0.600. The fourth-order valence-electron chi connectivity index (χ4n) is 2.65. The number of ether oxygens (including phenoxy) is 2. The molecule has 0 aromatic heterocycles. The molecular formula is C15H22FNO2. The summed E-state index contributed by atoms with van der Waals surface area (Å²) in [4.78, 5) is 0. The first-order chi connectivity index (χ1) is 9.17. The van der Waals surface area contributed by atoms with E-state index in [0.717, 1.165) is 19.6 Å². The Morgan fingerprint density at radius 1 is 1.53 bits per heavy atom. The van der Waals surface area contributed by atoms with E-state index in [1.54, 1.807) is 19.2 Å². The van der Waals surface area contributed by atoms with Gasteiger partial charge in [-0.3, -0.25) is 0 Å². The van der Waals surface area contributed by atoms with Gasteiger partial charge in [0.25, 0.3) is 0 Å². The largest absolute Gasteiger partial charge is 0.497 e. The van der Waals surface area contributed by atoms with Gasteiger partial charge < -0.3 is 14.8 Å². The molecule has 3 atom stereocenters. The van der Waals surface area contributed by atoms with Crippen molar-refractivity contribution in [2.45, 2.75) is 32.4 Å². The van der Waals surface area contributed by atoms with Crippen molar-refractivity contribution < 1.29 is 13.9 Å². The molecule has 0 bridgehead atoms.